The quantitative estimate of drug-likeness (QED) is 0.628. The minimum Gasteiger partial charge on any atom is -0.366 e. The number of hydrogen-bond donors (Lipinski definition) is 1. The van der Waals surface area contributed by atoms with E-state index in [1.807, 2.05) is 29.5 Å². The number of halogens is 2. The van der Waals surface area contributed by atoms with Crippen LogP contribution in [0.1, 0.15) is 21.5 Å². The fourth-order valence-electron chi connectivity index (χ4n) is 1.77. The first-order valence-electron chi connectivity index (χ1n) is 5.70. The van der Waals surface area contributed by atoms with Gasteiger partial charge in [0, 0.05) is 5.56 Å². The third-order valence-electron chi connectivity index (χ3n) is 2.91. The van der Waals surface area contributed by atoms with Crippen molar-refractivity contribution in [3.05, 3.63) is 60.3 Å². The van der Waals surface area contributed by atoms with Crippen molar-refractivity contribution in [1.82, 2.24) is 9.55 Å². The molecule has 0 aliphatic rings. The lowest BCUT2D eigenvalue weighted by Gasteiger charge is -2.10. The highest BCUT2D eigenvalue weighted by Crippen LogP contribution is 2.13. The predicted molar refractivity (Wildman–Crippen MR) is 85.0 cm³/mol. The maximum Gasteiger partial charge on any atom is 0.268 e. The van der Waals surface area contributed by atoms with Crippen LogP contribution in [0.4, 0.5) is 0 Å². The number of primary amides is 1. The van der Waals surface area contributed by atoms with E-state index < -0.39 is 5.91 Å². The highest BCUT2D eigenvalue weighted by atomic mass is 127. The van der Waals surface area contributed by atoms with Gasteiger partial charge in [-0.1, -0.05) is 17.7 Å². The molecule has 0 aliphatic heterocycles. The monoisotopic (exact) mass is 403 g/mol. The SMILES string of the molecule is Cc1cc(C(N)=O)ccc1Cn1cnc(Cl)c(I)c1=O. The molecule has 2 rings (SSSR count). The van der Waals surface area contributed by atoms with Crippen molar-refractivity contribution < 1.29 is 4.79 Å². The molecule has 0 atom stereocenters. The van der Waals surface area contributed by atoms with Gasteiger partial charge in [0.25, 0.3) is 5.56 Å². The van der Waals surface area contributed by atoms with Crippen LogP contribution in [0.15, 0.2) is 29.3 Å². The molecule has 0 aliphatic carbocycles. The molecule has 0 bridgehead atoms. The summed E-state index contributed by atoms with van der Waals surface area (Å²) in [5, 5.41) is 0.202. The highest BCUT2D eigenvalue weighted by molar-refractivity contribution is 14.1. The van der Waals surface area contributed by atoms with Crippen molar-refractivity contribution in [3.63, 3.8) is 0 Å². The van der Waals surface area contributed by atoms with Gasteiger partial charge in [-0.25, -0.2) is 4.98 Å². The zero-order valence-electron chi connectivity index (χ0n) is 10.6. The summed E-state index contributed by atoms with van der Waals surface area (Å²) in [4.78, 5) is 27.1. The van der Waals surface area contributed by atoms with Gasteiger partial charge in [-0.2, -0.15) is 0 Å². The fourth-order valence-corrected chi connectivity index (χ4v) is 2.34. The Morgan fingerprint density at radius 2 is 2.20 bits per heavy atom. The van der Waals surface area contributed by atoms with Crippen LogP contribution in [0.2, 0.25) is 5.15 Å². The second-order valence-electron chi connectivity index (χ2n) is 4.29. The Bertz CT molecular complexity index is 743. The number of carbonyl (C=O) groups is 1. The maximum absolute atomic E-state index is 12.0. The number of hydrogen-bond acceptors (Lipinski definition) is 3. The van der Waals surface area contributed by atoms with Gasteiger partial charge in [0.05, 0.1) is 12.9 Å². The number of benzene rings is 1. The average Bonchev–Trinajstić information content (AvgIpc) is 2.41. The minimum atomic E-state index is -0.473. The van der Waals surface area contributed by atoms with Crippen LogP contribution in [-0.4, -0.2) is 15.5 Å². The molecule has 1 amide bonds. The van der Waals surface area contributed by atoms with E-state index >= 15 is 0 Å². The van der Waals surface area contributed by atoms with E-state index in [9.17, 15) is 9.59 Å². The zero-order valence-corrected chi connectivity index (χ0v) is 13.5. The van der Waals surface area contributed by atoms with E-state index in [0.717, 1.165) is 11.1 Å². The molecule has 0 spiro atoms. The van der Waals surface area contributed by atoms with Crippen LogP contribution in [-0.2, 0) is 6.54 Å². The molecule has 0 radical (unpaired) electrons. The van der Waals surface area contributed by atoms with E-state index in [4.69, 9.17) is 17.3 Å². The summed E-state index contributed by atoms with van der Waals surface area (Å²) in [6.45, 7) is 2.23. The molecule has 2 aromatic rings. The van der Waals surface area contributed by atoms with Crippen LogP contribution >= 0.6 is 34.2 Å². The Labute approximate surface area is 133 Å². The van der Waals surface area contributed by atoms with Gasteiger partial charge in [-0.15, -0.1) is 0 Å². The number of aromatic nitrogens is 2. The van der Waals surface area contributed by atoms with Gasteiger partial charge in [0.2, 0.25) is 5.91 Å². The Hall–Kier alpha value is -1.41. The minimum absolute atomic E-state index is 0.191. The highest BCUT2D eigenvalue weighted by Gasteiger charge is 2.09. The first kappa shape index (κ1) is 15.0. The average molecular weight is 404 g/mol. The van der Waals surface area contributed by atoms with Crippen molar-refractivity contribution in [2.75, 3.05) is 0 Å². The topological polar surface area (TPSA) is 78.0 Å². The third-order valence-corrected chi connectivity index (χ3v) is 4.49. The van der Waals surface area contributed by atoms with E-state index in [-0.39, 0.29) is 10.7 Å². The van der Waals surface area contributed by atoms with Gasteiger partial charge in [0.1, 0.15) is 8.72 Å². The molecule has 1 aromatic carbocycles. The van der Waals surface area contributed by atoms with Crippen molar-refractivity contribution in [2.24, 2.45) is 5.73 Å². The maximum atomic E-state index is 12.0. The molecule has 7 heteroatoms. The second-order valence-corrected chi connectivity index (χ2v) is 5.72. The first-order valence-corrected chi connectivity index (χ1v) is 7.15. The number of amides is 1. The summed E-state index contributed by atoms with van der Waals surface area (Å²) in [6, 6.07) is 5.13. The predicted octanol–water partition coefficient (Wildman–Crippen LogP) is 1.96. The van der Waals surface area contributed by atoms with Gasteiger partial charge < -0.3 is 5.73 Å². The van der Waals surface area contributed by atoms with Gasteiger partial charge >= 0.3 is 0 Å². The van der Waals surface area contributed by atoms with E-state index in [1.165, 1.54) is 10.9 Å². The fraction of sp³-hybridized carbons (Fsp3) is 0.154. The van der Waals surface area contributed by atoms with Crippen molar-refractivity contribution in [1.29, 1.82) is 0 Å². The molecular formula is C13H11ClIN3O2. The van der Waals surface area contributed by atoms with Gasteiger partial charge in [-0.05, 0) is 52.8 Å². The molecule has 20 heavy (non-hydrogen) atoms. The first-order chi connectivity index (χ1) is 9.40. The summed E-state index contributed by atoms with van der Waals surface area (Å²) in [7, 11) is 0. The van der Waals surface area contributed by atoms with Crippen LogP contribution in [0.25, 0.3) is 0 Å². The van der Waals surface area contributed by atoms with Crippen molar-refractivity contribution >= 4 is 40.1 Å². The number of carbonyl (C=O) groups excluding carboxylic acids is 1. The van der Waals surface area contributed by atoms with Crippen LogP contribution in [0, 0.1) is 10.5 Å². The molecular weight excluding hydrogens is 393 g/mol. The molecule has 0 saturated heterocycles. The van der Waals surface area contributed by atoms with Crippen molar-refractivity contribution in [2.45, 2.75) is 13.5 Å². The summed E-state index contributed by atoms with van der Waals surface area (Å²) in [5.41, 5.74) is 7.28. The van der Waals surface area contributed by atoms with Gasteiger partial charge in [-0.3, -0.25) is 14.2 Å². The smallest absolute Gasteiger partial charge is 0.268 e. The summed E-state index contributed by atoms with van der Waals surface area (Å²) in [6.07, 6.45) is 1.41. The molecule has 0 saturated carbocycles. The van der Waals surface area contributed by atoms with Crippen LogP contribution in [0.3, 0.4) is 0 Å². The van der Waals surface area contributed by atoms with E-state index in [1.54, 1.807) is 18.2 Å². The Morgan fingerprint density at radius 1 is 1.50 bits per heavy atom. The Balaban J connectivity index is 2.38. The standard InChI is InChI=1S/C13H11ClIN3O2/c1-7-4-8(12(16)19)2-3-9(7)5-18-6-17-11(14)10(15)13(18)20/h2-4,6H,5H2,1H3,(H2,16,19). The normalized spacial score (nSPS) is 10.6. The number of rotatable bonds is 3. The lowest BCUT2D eigenvalue weighted by molar-refractivity contribution is 0.1000. The molecule has 1 heterocycles. The van der Waals surface area contributed by atoms with Crippen LogP contribution in [0.5, 0.6) is 0 Å². The van der Waals surface area contributed by atoms with Crippen molar-refractivity contribution in [3.8, 4) is 0 Å². The zero-order chi connectivity index (χ0) is 14.9. The third kappa shape index (κ3) is 3.01. The number of nitrogens with two attached hydrogens (primary N) is 1. The molecule has 2 N–H and O–H groups in total. The lowest BCUT2D eigenvalue weighted by atomic mass is 10.0. The lowest BCUT2D eigenvalue weighted by Crippen LogP contribution is -2.24. The molecule has 5 nitrogen and oxygen atoms in total. The Kier molecular flexibility index (Phi) is 4.44. The molecule has 0 fully saturated rings. The number of aryl methyl sites for hydroxylation is 1. The summed E-state index contributed by atoms with van der Waals surface area (Å²) >= 11 is 7.66. The van der Waals surface area contributed by atoms with E-state index in [0.29, 0.717) is 15.7 Å². The molecule has 1 aromatic heterocycles. The second kappa shape index (κ2) is 5.92. The van der Waals surface area contributed by atoms with Crippen LogP contribution < -0.4 is 11.3 Å². The Morgan fingerprint density at radius 3 is 2.80 bits per heavy atom. The molecule has 0 unspecified atom stereocenters. The van der Waals surface area contributed by atoms with E-state index in [2.05, 4.69) is 4.98 Å². The largest absolute Gasteiger partial charge is 0.366 e. The molecule has 104 valence electrons. The summed E-state index contributed by atoms with van der Waals surface area (Å²) < 4.78 is 1.86. The summed E-state index contributed by atoms with van der Waals surface area (Å²) in [5.74, 6) is -0.473. The van der Waals surface area contributed by atoms with Gasteiger partial charge in [0.15, 0.2) is 0 Å². The number of nitrogens with zero attached hydrogens (tertiary/aromatic N) is 2.